The van der Waals surface area contributed by atoms with Crippen LogP contribution in [0.4, 0.5) is 0 Å². The van der Waals surface area contributed by atoms with Gasteiger partial charge in [0.2, 0.25) is 0 Å². The smallest absolute Gasteiger partial charge is 0.378 e. The molecule has 15 heavy (non-hydrogen) atoms. The van der Waals surface area contributed by atoms with Gasteiger partial charge in [0, 0.05) is 6.04 Å². The van der Waals surface area contributed by atoms with Crippen LogP contribution in [0.25, 0.3) is 0 Å². The van der Waals surface area contributed by atoms with Gasteiger partial charge in [-0.3, -0.25) is 4.55 Å². The zero-order chi connectivity index (χ0) is 11.9. The third-order valence-electron chi connectivity index (χ3n) is 2.09. The van der Waals surface area contributed by atoms with Gasteiger partial charge in [-0.1, -0.05) is 0 Å². The predicted octanol–water partition coefficient (Wildman–Crippen LogP) is -0.895. The van der Waals surface area contributed by atoms with E-state index < -0.39 is 19.4 Å². The van der Waals surface area contributed by atoms with Gasteiger partial charge in [0.05, 0.1) is 5.75 Å². The second kappa shape index (κ2) is 7.31. The lowest BCUT2D eigenvalue weighted by molar-refractivity contribution is 0.396. The molecule has 0 saturated heterocycles. The molecule has 91 valence electrons. The highest BCUT2D eigenvalue weighted by Gasteiger charge is 2.12. The Bertz CT molecular complexity index is 256. The Balaban J connectivity index is 3.74. The Morgan fingerprint density at radius 2 is 1.93 bits per heavy atom. The highest BCUT2D eigenvalue weighted by atomic mass is 32.2. The number of hydrogen-bond donors (Lipinski definition) is 4. The van der Waals surface area contributed by atoms with E-state index in [1.54, 1.807) is 7.05 Å². The van der Waals surface area contributed by atoms with Crippen LogP contribution >= 0.6 is 0 Å². The third kappa shape index (κ3) is 10.3. The first-order valence-corrected chi connectivity index (χ1v) is 7.92. The monoisotopic (exact) mass is 256 g/mol. The van der Waals surface area contributed by atoms with Gasteiger partial charge in [-0.2, -0.15) is 8.42 Å². The van der Waals surface area contributed by atoms with Crippen LogP contribution in [0.3, 0.4) is 0 Å². The van der Waals surface area contributed by atoms with Crippen molar-refractivity contribution >= 4 is 19.4 Å². The van der Waals surface area contributed by atoms with Crippen molar-refractivity contribution in [1.82, 2.24) is 5.32 Å². The van der Waals surface area contributed by atoms with E-state index in [0.29, 0.717) is 25.3 Å². The average molecular weight is 256 g/mol. The van der Waals surface area contributed by atoms with Gasteiger partial charge in [-0.05, 0) is 32.4 Å². The molecule has 0 amide bonds. The maximum Gasteiger partial charge on any atom is 0.378 e. The molecule has 0 saturated carbocycles. The van der Waals surface area contributed by atoms with Crippen molar-refractivity contribution in [3.05, 3.63) is 0 Å². The molecule has 0 rings (SSSR count). The molecule has 0 heterocycles. The summed E-state index contributed by atoms with van der Waals surface area (Å²) in [5, 5.41) is 2.92. The average Bonchev–Trinajstić information content (AvgIpc) is 2.08. The maximum absolute atomic E-state index is 10.5. The Labute approximate surface area is 91.9 Å². The van der Waals surface area contributed by atoms with E-state index in [0.717, 1.165) is 0 Å². The molecule has 0 fully saturated rings. The topological polar surface area (TPSA) is 107 Å². The zero-order valence-corrected chi connectivity index (χ0v) is 10.5. The SMILES string of the molecule is CNC(CCC[Si](O)O)CCS(=O)(=O)O. The minimum atomic E-state index is -3.90. The molecule has 8 heteroatoms. The van der Waals surface area contributed by atoms with Crippen LogP contribution < -0.4 is 5.32 Å². The lowest BCUT2D eigenvalue weighted by Crippen LogP contribution is -2.28. The summed E-state index contributed by atoms with van der Waals surface area (Å²) in [5.41, 5.74) is 0. The van der Waals surface area contributed by atoms with E-state index >= 15 is 0 Å². The van der Waals surface area contributed by atoms with E-state index in [1.807, 2.05) is 0 Å². The molecule has 1 radical (unpaired) electrons. The van der Waals surface area contributed by atoms with Gasteiger partial charge < -0.3 is 14.9 Å². The van der Waals surface area contributed by atoms with Crippen LogP contribution in [-0.2, 0) is 10.1 Å². The van der Waals surface area contributed by atoms with Crippen LogP contribution in [0.2, 0.25) is 6.04 Å². The first-order valence-electron chi connectivity index (χ1n) is 4.71. The van der Waals surface area contributed by atoms with Crippen molar-refractivity contribution in [1.29, 1.82) is 0 Å². The Hall–Kier alpha value is 0.00688. The molecule has 0 aliphatic rings. The van der Waals surface area contributed by atoms with E-state index in [-0.39, 0.29) is 11.8 Å². The van der Waals surface area contributed by atoms with Crippen molar-refractivity contribution in [3.8, 4) is 0 Å². The number of rotatable bonds is 8. The van der Waals surface area contributed by atoms with Gasteiger partial charge >= 0.3 is 9.28 Å². The van der Waals surface area contributed by atoms with E-state index in [2.05, 4.69) is 5.32 Å². The fourth-order valence-electron chi connectivity index (χ4n) is 1.23. The molecule has 1 atom stereocenters. The summed E-state index contributed by atoms with van der Waals surface area (Å²) in [6.07, 6.45) is 1.63. The molecule has 0 spiro atoms. The minimum Gasteiger partial charge on any atom is -0.410 e. The van der Waals surface area contributed by atoms with Crippen molar-refractivity contribution in [3.63, 3.8) is 0 Å². The first-order chi connectivity index (χ1) is 6.85. The second-order valence-corrected chi connectivity index (χ2v) is 6.27. The molecule has 0 aromatic rings. The van der Waals surface area contributed by atoms with Crippen molar-refractivity contribution in [2.24, 2.45) is 0 Å². The van der Waals surface area contributed by atoms with Crippen LogP contribution in [-0.4, -0.2) is 50.7 Å². The summed E-state index contributed by atoms with van der Waals surface area (Å²) in [7, 11) is -4.37. The normalized spacial score (nSPS) is 14.5. The Morgan fingerprint density at radius 3 is 2.33 bits per heavy atom. The molecular formula is C7H18NO5SSi. The number of hydrogen-bond acceptors (Lipinski definition) is 5. The second-order valence-electron chi connectivity index (χ2n) is 3.37. The Kier molecular flexibility index (Phi) is 7.31. The van der Waals surface area contributed by atoms with Crippen molar-refractivity contribution in [2.75, 3.05) is 12.8 Å². The molecule has 0 aromatic carbocycles. The molecule has 1 unspecified atom stereocenters. The lowest BCUT2D eigenvalue weighted by Gasteiger charge is -2.14. The molecule has 0 aliphatic carbocycles. The summed E-state index contributed by atoms with van der Waals surface area (Å²) >= 11 is 0. The van der Waals surface area contributed by atoms with Gasteiger partial charge in [-0.25, -0.2) is 0 Å². The van der Waals surface area contributed by atoms with Gasteiger partial charge in [0.1, 0.15) is 0 Å². The molecule has 6 nitrogen and oxygen atoms in total. The van der Waals surface area contributed by atoms with Gasteiger partial charge in [0.25, 0.3) is 10.1 Å². The third-order valence-corrected chi connectivity index (χ3v) is 3.64. The fraction of sp³-hybridized carbons (Fsp3) is 1.00. The van der Waals surface area contributed by atoms with Crippen LogP contribution in [0.5, 0.6) is 0 Å². The summed E-state index contributed by atoms with van der Waals surface area (Å²) < 4.78 is 29.5. The van der Waals surface area contributed by atoms with E-state index in [9.17, 15) is 8.42 Å². The first kappa shape index (κ1) is 15.0. The molecule has 0 aliphatic heterocycles. The van der Waals surface area contributed by atoms with Crippen LogP contribution in [0.15, 0.2) is 0 Å². The highest BCUT2D eigenvalue weighted by Crippen LogP contribution is 2.06. The van der Waals surface area contributed by atoms with E-state index in [1.165, 1.54) is 0 Å². The van der Waals surface area contributed by atoms with Crippen LogP contribution in [0, 0.1) is 0 Å². The summed E-state index contributed by atoms with van der Waals surface area (Å²) in [6, 6.07) is 0.350. The van der Waals surface area contributed by atoms with E-state index in [4.69, 9.17) is 14.1 Å². The van der Waals surface area contributed by atoms with Gasteiger partial charge in [-0.15, -0.1) is 0 Å². The maximum atomic E-state index is 10.5. The standard InChI is InChI=1S/C7H18NO5SSi/c1-8-7(3-2-6-15(12)13)4-5-14(9,10)11/h7-8,12-13H,2-6H2,1H3,(H,9,10,11). The van der Waals surface area contributed by atoms with Crippen LogP contribution in [0.1, 0.15) is 19.3 Å². The quantitative estimate of drug-likeness (QED) is 0.331. The lowest BCUT2D eigenvalue weighted by atomic mass is 10.1. The summed E-state index contributed by atoms with van der Waals surface area (Å²) in [5.74, 6) is -0.269. The Morgan fingerprint density at radius 1 is 1.33 bits per heavy atom. The summed E-state index contributed by atoms with van der Waals surface area (Å²) in [4.78, 5) is 17.4. The molecule has 0 aromatic heterocycles. The minimum absolute atomic E-state index is 0.0201. The molecule has 0 bridgehead atoms. The molecule has 4 N–H and O–H groups in total. The fourth-order valence-corrected chi connectivity index (χ4v) is 2.33. The largest absolute Gasteiger partial charge is 0.410 e. The predicted molar refractivity (Wildman–Crippen MR) is 58.1 cm³/mol. The van der Waals surface area contributed by atoms with Gasteiger partial charge in [0.15, 0.2) is 0 Å². The highest BCUT2D eigenvalue weighted by molar-refractivity contribution is 7.85. The van der Waals surface area contributed by atoms with Crippen molar-refractivity contribution < 1.29 is 22.6 Å². The zero-order valence-electron chi connectivity index (χ0n) is 8.68. The number of nitrogens with one attached hydrogen (secondary N) is 1. The molecular weight excluding hydrogens is 238 g/mol. The van der Waals surface area contributed by atoms with Crippen molar-refractivity contribution in [2.45, 2.75) is 31.3 Å². The summed E-state index contributed by atoms with van der Waals surface area (Å²) in [6.45, 7) is 0.